The number of hydrogen-bond donors (Lipinski definition) is 3. The van der Waals surface area contributed by atoms with Gasteiger partial charge in [-0.25, -0.2) is 4.79 Å². The molecule has 1 aliphatic heterocycles. The van der Waals surface area contributed by atoms with Crippen LogP contribution in [-0.2, 0) is 4.79 Å². The van der Waals surface area contributed by atoms with Crippen molar-refractivity contribution in [3.8, 4) is 0 Å². The second-order valence-corrected chi connectivity index (χ2v) is 4.53. The third kappa shape index (κ3) is 5.65. The van der Waals surface area contributed by atoms with Crippen LogP contribution in [0.3, 0.4) is 0 Å². The highest BCUT2D eigenvalue weighted by atomic mass is 16.2. The molecule has 98 valence electrons. The molecule has 17 heavy (non-hydrogen) atoms. The van der Waals surface area contributed by atoms with Gasteiger partial charge in [0.1, 0.15) is 0 Å². The van der Waals surface area contributed by atoms with Gasteiger partial charge in [0, 0.05) is 19.5 Å². The van der Waals surface area contributed by atoms with Crippen LogP contribution in [0.5, 0.6) is 0 Å². The summed E-state index contributed by atoms with van der Waals surface area (Å²) in [4.78, 5) is 24.0. The Bertz CT molecular complexity index is 268. The van der Waals surface area contributed by atoms with Gasteiger partial charge in [-0.15, -0.1) is 0 Å². The third-order valence-corrected chi connectivity index (χ3v) is 3.01. The van der Waals surface area contributed by atoms with Crippen molar-refractivity contribution >= 4 is 11.9 Å². The summed E-state index contributed by atoms with van der Waals surface area (Å²) in [5.41, 5.74) is 4.87. The predicted octanol–water partition coefficient (Wildman–Crippen LogP) is -0.497. The van der Waals surface area contributed by atoms with Crippen LogP contribution >= 0.6 is 0 Å². The van der Waals surface area contributed by atoms with Gasteiger partial charge in [-0.1, -0.05) is 0 Å². The zero-order valence-electron chi connectivity index (χ0n) is 10.4. The summed E-state index contributed by atoms with van der Waals surface area (Å²) >= 11 is 0. The maximum Gasteiger partial charge on any atom is 0.318 e. The molecule has 6 nitrogen and oxygen atoms in total. The largest absolute Gasteiger partial charge is 0.351 e. The second kappa shape index (κ2) is 7.24. The van der Waals surface area contributed by atoms with E-state index < -0.39 is 6.03 Å². The number of amides is 3. The topological polar surface area (TPSA) is 87.5 Å². The average molecular weight is 242 g/mol. The number of hydrogen-bond acceptors (Lipinski definition) is 4. The lowest BCUT2D eigenvalue weighted by Gasteiger charge is -2.32. The van der Waals surface area contributed by atoms with Crippen LogP contribution in [0.25, 0.3) is 0 Å². The second-order valence-electron chi connectivity index (χ2n) is 4.53. The van der Waals surface area contributed by atoms with Crippen LogP contribution in [0.2, 0.25) is 0 Å². The van der Waals surface area contributed by atoms with Crippen molar-refractivity contribution in [2.24, 2.45) is 11.7 Å². The SMILES string of the molecule is CNCC1CCCN(CCC(=O)NC(N)=O)C1. The van der Waals surface area contributed by atoms with E-state index in [4.69, 9.17) is 5.73 Å². The van der Waals surface area contributed by atoms with Gasteiger partial charge in [0.25, 0.3) is 0 Å². The lowest BCUT2D eigenvalue weighted by Crippen LogP contribution is -2.42. The van der Waals surface area contributed by atoms with Crippen molar-refractivity contribution < 1.29 is 9.59 Å². The zero-order valence-corrected chi connectivity index (χ0v) is 10.4. The number of urea groups is 1. The summed E-state index contributed by atoms with van der Waals surface area (Å²) in [5.74, 6) is 0.362. The summed E-state index contributed by atoms with van der Waals surface area (Å²) in [6, 6.07) is -0.776. The summed E-state index contributed by atoms with van der Waals surface area (Å²) in [7, 11) is 1.96. The van der Waals surface area contributed by atoms with Gasteiger partial charge in [0.2, 0.25) is 5.91 Å². The fraction of sp³-hybridized carbons (Fsp3) is 0.818. The molecule has 0 aromatic carbocycles. The fourth-order valence-electron chi connectivity index (χ4n) is 2.27. The first-order valence-corrected chi connectivity index (χ1v) is 6.08. The molecule has 0 aliphatic carbocycles. The maximum absolute atomic E-state index is 11.3. The van der Waals surface area contributed by atoms with E-state index in [0.29, 0.717) is 18.9 Å². The van der Waals surface area contributed by atoms with Gasteiger partial charge in [-0.2, -0.15) is 0 Å². The number of imide groups is 1. The number of nitrogens with zero attached hydrogens (tertiary/aromatic N) is 1. The summed E-state index contributed by atoms with van der Waals surface area (Å²) < 4.78 is 0. The Labute approximate surface area is 102 Å². The maximum atomic E-state index is 11.3. The van der Waals surface area contributed by atoms with Crippen LogP contribution in [0, 0.1) is 5.92 Å². The Morgan fingerprint density at radius 1 is 1.47 bits per heavy atom. The predicted molar refractivity (Wildman–Crippen MR) is 65.4 cm³/mol. The number of nitrogens with two attached hydrogens (primary N) is 1. The molecule has 0 radical (unpaired) electrons. The lowest BCUT2D eigenvalue weighted by atomic mass is 9.98. The van der Waals surface area contributed by atoms with E-state index in [1.165, 1.54) is 12.8 Å². The molecule has 0 aromatic heterocycles. The molecule has 1 fully saturated rings. The molecule has 0 aromatic rings. The number of carbonyl (C=O) groups excluding carboxylic acids is 2. The van der Waals surface area contributed by atoms with E-state index in [1.807, 2.05) is 7.05 Å². The standard InChI is InChI=1S/C11H22N4O2/c1-13-7-9-3-2-5-15(8-9)6-4-10(16)14-11(12)17/h9,13H,2-8H2,1H3,(H3,12,14,16,17). The lowest BCUT2D eigenvalue weighted by molar-refractivity contribution is -0.120. The normalized spacial score (nSPS) is 21.1. The van der Waals surface area contributed by atoms with Crippen LogP contribution in [0.1, 0.15) is 19.3 Å². The van der Waals surface area contributed by atoms with E-state index in [0.717, 1.165) is 19.6 Å². The molecule has 0 spiro atoms. The van der Waals surface area contributed by atoms with Crippen molar-refractivity contribution in [2.75, 3.05) is 33.2 Å². The Morgan fingerprint density at radius 2 is 2.24 bits per heavy atom. The van der Waals surface area contributed by atoms with Crippen molar-refractivity contribution in [3.05, 3.63) is 0 Å². The number of piperidine rings is 1. The monoisotopic (exact) mass is 242 g/mol. The van der Waals surface area contributed by atoms with Gasteiger partial charge in [0.05, 0.1) is 0 Å². The summed E-state index contributed by atoms with van der Waals surface area (Å²) in [5, 5.41) is 5.26. The quantitative estimate of drug-likeness (QED) is 0.606. The van der Waals surface area contributed by atoms with Crippen LogP contribution in [0.15, 0.2) is 0 Å². The van der Waals surface area contributed by atoms with Gasteiger partial charge in [-0.05, 0) is 38.9 Å². The highest BCUT2D eigenvalue weighted by molar-refractivity contribution is 5.93. The molecule has 1 atom stereocenters. The van der Waals surface area contributed by atoms with E-state index in [9.17, 15) is 9.59 Å². The van der Waals surface area contributed by atoms with Crippen molar-refractivity contribution in [1.29, 1.82) is 0 Å². The summed E-state index contributed by atoms with van der Waals surface area (Å²) in [6.07, 6.45) is 2.74. The fourth-order valence-corrected chi connectivity index (χ4v) is 2.27. The molecular weight excluding hydrogens is 220 g/mol. The molecule has 1 rings (SSSR count). The van der Waals surface area contributed by atoms with Crippen molar-refractivity contribution in [1.82, 2.24) is 15.5 Å². The van der Waals surface area contributed by atoms with Gasteiger partial charge >= 0.3 is 6.03 Å². The van der Waals surface area contributed by atoms with Crippen LogP contribution in [-0.4, -0.2) is 50.1 Å². The first-order chi connectivity index (χ1) is 8.11. The Kier molecular flexibility index (Phi) is 5.93. The molecule has 1 saturated heterocycles. The molecule has 0 bridgehead atoms. The average Bonchev–Trinajstić information content (AvgIpc) is 2.26. The minimum Gasteiger partial charge on any atom is -0.351 e. The molecule has 3 amide bonds. The third-order valence-electron chi connectivity index (χ3n) is 3.01. The molecular formula is C11H22N4O2. The van der Waals surface area contributed by atoms with E-state index in [-0.39, 0.29) is 5.91 Å². The molecule has 4 N–H and O–H groups in total. The van der Waals surface area contributed by atoms with Crippen molar-refractivity contribution in [3.63, 3.8) is 0 Å². The highest BCUT2D eigenvalue weighted by Gasteiger charge is 2.19. The van der Waals surface area contributed by atoms with Gasteiger partial charge < -0.3 is 16.0 Å². The molecule has 6 heteroatoms. The molecule has 1 aliphatic rings. The van der Waals surface area contributed by atoms with Crippen molar-refractivity contribution in [2.45, 2.75) is 19.3 Å². The summed E-state index contributed by atoms with van der Waals surface area (Å²) in [6.45, 7) is 3.76. The zero-order chi connectivity index (χ0) is 12.7. The number of rotatable bonds is 5. The molecule has 1 heterocycles. The number of likely N-dealkylation sites (tertiary alicyclic amines) is 1. The van der Waals surface area contributed by atoms with Gasteiger partial charge in [-0.3, -0.25) is 10.1 Å². The van der Waals surface area contributed by atoms with E-state index >= 15 is 0 Å². The van der Waals surface area contributed by atoms with Crippen LogP contribution < -0.4 is 16.4 Å². The molecule has 0 saturated carbocycles. The first kappa shape index (κ1) is 13.9. The number of primary amides is 1. The first-order valence-electron chi connectivity index (χ1n) is 6.08. The van der Waals surface area contributed by atoms with Crippen LogP contribution in [0.4, 0.5) is 4.79 Å². The number of nitrogens with one attached hydrogen (secondary N) is 2. The Morgan fingerprint density at radius 3 is 2.88 bits per heavy atom. The van der Waals surface area contributed by atoms with Gasteiger partial charge in [0.15, 0.2) is 0 Å². The Hall–Kier alpha value is -1.14. The smallest absolute Gasteiger partial charge is 0.318 e. The number of carbonyl (C=O) groups is 2. The van der Waals surface area contributed by atoms with E-state index in [2.05, 4.69) is 15.5 Å². The Balaban J connectivity index is 2.22. The highest BCUT2D eigenvalue weighted by Crippen LogP contribution is 2.15. The minimum atomic E-state index is -0.776. The van der Waals surface area contributed by atoms with E-state index in [1.54, 1.807) is 0 Å². The molecule has 1 unspecified atom stereocenters. The minimum absolute atomic E-state index is 0.298.